The summed E-state index contributed by atoms with van der Waals surface area (Å²) in [7, 11) is 1.52. The number of nitrogens with one attached hydrogen (secondary N) is 1. The molecule has 5 nitrogen and oxygen atoms in total. The fraction of sp³-hybridized carbons (Fsp3) is 0.0455. The molecule has 8 heteroatoms. The first-order valence-corrected chi connectivity index (χ1v) is 10.3. The average Bonchev–Trinajstić information content (AvgIpc) is 3.24. The van der Waals surface area contributed by atoms with E-state index in [0.717, 1.165) is 22.1 Å². The lowest BCUT2D eigenvalue weighted by Gasteiger charge is -2.15. The Morgan fingerprint density at radius 3 is 2.70 bits per heavy atom. The Balaban J connectivity index is 1.88. The third-order valence-electron chi connectivity index (χ3n) is 4.52. The molecule has 1 N–H and O–H groups in total. The van der Waals surface area contributed by atoms with Gasteiger partial charge in [0.25, 0.3) is 0 Å². The summed E-state index contributed by atoms with van der Waals surface area (Å²) >= 11 is 13.9. The number of thiophene rings is 1. The van der Waals surface area contributed by atoms with E-state index < -0.39 is 0 Å². The van der Waals surface area contributed by atoms with Crippen molar-refractivity contribution in [2.75, 3.05) is 12.4 Å². The van der Waals surface area contributed by atoms with Gasteiger partial charge in [-0.05, 0) is 35.9 Å². The topological polar surface area (TPSA) is 75.0 Å². The average molecular weight is 454 g/mol. The molecule has 148 valence electrons. The Labute approximate surface area is 186 Å². The van der Waals surface area contributed by atoms with Gasteiger partial charge in [0.1, 0.15) is 11.8 Å². The lowest BCUT2D eigenvalue weighted by Crippen LogP contribution is -1.98. The first-order valence-electron chi connectivity index (χ1n) is 8.72. The third-order valence-corrected chi connectivity index (χ3v) is 6.18. The second-order valence-corrected chi connectivity index (χ2v) is 8.23. The predicted molar refractivity (Wildman–Crippen MR) is 121 cm³/mol. The van der Waals surface area contributed by atoms with Crippen LogP contribution in [0.2, 0.25) is 10.0 Å². The van der Waals surface area contributed by atoms with Gasteiger partial charge < -0.3 is 10.1 Å². The number of ether oxygens (including phenoxy) is 1. The molecule has 4 rings (SSSR count). The van der Waals surface area contributed by atoms with Crippen LogP contribution in [-0.4, -0.2) is 18.4 Å². The zero-order valence-corrected chi connectivity index (χ0v) is 17.9. The standard InChI is InChI=1S/C22H13Cl2N3O2S/c1-29-20-8-19(16(23)7-17(20)24)27-22-13(9-25)10-26-18-4-2-12(6-15(18)22)21-5-3-14(11-28)30-21/h2-8,10-11H,1H3,(H,26,27). The van der Waals surface area contributed by atoms with Gasteiger partial charge in [-0.15, -0.1) is 11.3 Å². The summed E-state index contributed by atoms with van der Waals surface area (Å²) in [5.41, 5.74) is 3.11. The fourth-order valence-corrected chi connectivity index (χ4v) is 4.38. The molecule has 4 aromatic rings. The van der Waals surface area contributed by atoms with Crippen molar-refractivity contribution in [3.63, 3.8) is 0 Å². The van der Waals surface area contributed by atoms with Crippen LogP contribution in [0.5, 0.6) is 5.75 Å². The van der Waals surface area contributed by atoms with Crippen LogP contribution >= 0.6 is 34.5 Å². The highest BCUT2D eigenvalue weighted by Gasteiger charge is 2.15. The number of aromatic nitrogens is 1. The van der Waals surface area contributed by atoms with E-state index in [2.05, 4.69) is 16.4 Å². The molecule has 0 fully saturated rings. The number of hydrogen-bond donors (Lipinski definition) is 1. The van der Waals surface area contributed by atoms with Gasteiger partial charge in [-0.1, -0.05) is 29.3 Å². The first-order chi connectivity index (χ1) is 14.5. The zero-order valence-electron chi connectivity index (χ0n) is 15.6. The van der Waals surface area contributed by atoms with E-state index in [1.807, 2.05) is 24.3 Å². The summed E-state index contributed by atoms with van der Waals surface area (Å²) in [5, 5.41) is 14.4. The van der Waals surface area contributed by atoms with Crippen molar-refractivity contribution in [1.29, 1.82) is 5.26 Å². The van der Waals surface area contributed by atoms with Crippen molar-refractivity contribution in [3.05, 3.63) is 69.1 Å². The molecule has 0 unspecified atom stereocenters. The highest BCUT2D eigenvalue weighted by molar-refractivity contribution is 7.17. The van der Waals surface area contributed by atoms with Gasteiger partial charge in [0.05, 0.1) is 44.5 Å². The highest BCUT2D eigenvalue weighted by atomic mass is 35.5. The molecule has 2 heterocycles. The number of rotatable bonds is 5. The van der Waals surface area contributed by atoms with Crippen LogP contribution in [0.3, 0.4) is 0 Å². The lowest BCUT2D eigenvalue weighted by atomic mass is 10.1. The number of nitriles is 1. The monoisotopic (exact) mass is 453 g/mol. The Bertz CT molecular complexity index is 1330. The van der Waals surface area contributed by atoms with Crippen LogP contribution < -0.4 is 10.1 Å². The molecule has 0 aliphatic rings. The first kappa shape index (κ1) is 20.2. The van der Waals surface area contributed by atoms with Gasteiger partial charge in [-0.25, -0.2) is 0 Å². The molecular weight excluding hydrogens is 441 g/mol. The minimum absolute atomic E-state index is 0.365. The number of benzene rings is 2. The molecule has 0 saturated heterocycles. The van der Waals surface area contributed by atoms with E-state index in [0.29, 0.717) is 43.1 Å². The maximum Gasteiger partial charge on any atom is 0.160 e. The third kappa shape index (κ3) is 3.71. The molecule has 0 bridgehead atoms. The van der Waals surface area contributed by atoms with Crippen molar-refractivity contribution in [2.45, 2.75) is 0 Å². The summed E-state index contributed by atoms with van der Waals surface area (Å²) in [6.45, 7) is 0. The molecule has 0 atom stereocenters. The minimum atomic E-state index is 0.365. The number of anilines is 2. The minimum Gasteiger partial charge on any atom is -0.495 e. The Morgan fingerprint density at radius 2 is 2.00 bits per heavy atom. The van der Waals surface area contributed by atoms with Gasteiger partial charge >= 0.3 is 0 Å². The molecule has 0 spiro atoms. The smallest absolute Gasteiger partial charge is 0.160 e. The molecule has 0 radical (unpaired) electrons. The Hall–Kier alpha value is -3.11. The summed E-state index contributed by atoms with van der Waals surface area (Å²) in [6, 6.07) is 14.9. The van der Waals surface area contributed by atoms with Crippen molar-refractivity contribution >= 4 is 63.1 Å². The molecule has 30 heavy (non-hydrogen) atoms. The van der Waals surface area contributed by atoms with Crippen LogP contribution in [0.1, 0.15) is 15.2 Å². The summed E-state index contributed by atoms with van der Waals surface area (Å²) in [4.78, 5) is 17.0. The van der Waals surface area contributed by atoms with Gasteiger partial charge in [0.2, 0.25) is 0 Å². The molecule has 2 aromatic carbocycles. The van der Waals surface area contributed by atoms with E-state index in [9.17, 15) is 10.1 Å². The SMILES string of the molecule is COc1cc(Nc2c(C#N)cnc3ccc(-c4ccc(C=O)s4)cc23)c(Cl)cc1Cl. The fourth-order valence-electron chi connectivity index (χ4n) is 3.05. The second-order valence-electron chi connectivity index (χ2n) is 6.30. The van der Waals surface area contributed by atoms with Gasteiger partial charge in [-0.2, -0.15) is 5.26 Å². The van der Waals surface area contributed by atoms with Crippen molar-refractivity contribution < 1.29 is 9.53 Å². The van der Waals surface area contributed by atoms with E-state index >= 15 is 0 Å². The van der Waals surface area contributed by atoms with E-state index in [1.165, 1.54) is 24.6 Å². The number of halogens is 2. The summed E-state index contributed by atoms with van der Waals surface area (Å²) in [6.07, 6.45) is 2.34. The maximum absolute atomic E-state index is 11.0. The van der Waals surface area contributed by atoms with E-state index in [1.54, 1.807) is 18.2 Å². The van der Waals surface area contributed by atoms with Crippen LogP contribution in [0.15, 0.2) is 48.7 Å². The van der Waals surface area contributed by atoms with Crippen LogP contribution in [0.4, 0.5) is 11.4 Å². The Morgan fingerprint density at radius 1 is 1.17 bits per heavy atom. The number of pyridine rings is 1. The molecule has 2 aromatic heterocycles. The molecule has 0 aliphatic heterocycles. The number of hydrogen-bond acceptors (Lipinski definition) is 6. The van der Waals surface area contributed by atoms with Crippen LogP contribution in [0.25, 0.3) is 21.3 Å². The van der Waals surface area contributed by atoms with Crippen molar-refractivity contribution in [3.8, 4) is 22.3 Å². The van der Waals surface area contributed by atoms with Gasteiger partial charge in [-0.3, -0.25) is 9.78 Å². The molecule has 0 aliphatic carbocycles. The van der Waals surface area contributed by atoms with Gasteiger partial charge in [0.15, 0.2) is 6.29 Å². The number of carbonyl (C=O) groups is 1. The molecular formula is C22H13Cl2N3O2S. The van der Waals surface area contributed by atoms with Crippen LogP contribution in [-0.2, 0) is 0 Å². The quantitative estimate of drug-likeness (QED) is 0.340. The number of fused-ring (bicyclic) bond motifs is 1. The Kier molecular flexibility index (Phi) is 5.60. The second kappa shape index (κ2) is 8.33. The predicted octanol–water partition coefficient (Wildman–Crippen LogP) is 6.71. The van der Waals surface area contributed by atoms with Crippen molar-refractivity contribution in [1.82, 2.24) is 4.98 Å². The number of aldehydes is 1. The van der Waals surface area contributed by atoms with Crippen LogP contribution in [0, 0.1) is 11.3 Å². The maximum atomic E-state index is 11.0. The highest BCUT2D eigenvalue weighted by Crippen LogP contribution is 2.39. The van der Waals surface area contributed by atoms with E-state index in [4.69, 9.17) is 27.9 Å². The number of carbonyl (C=O) groups excluding carboxylic acids is 1. The van der Waals surface area contributed by atoms with Gasteiger partial charge in [0, 0.05) is 22.5 Å². The normalized spacial score (nSPS) is 10.6. The molecule has 0 amide bonds. The number of methoxy groups -OCH3 is 1. The molecule has 0 saturated carbocycles. The van der Waals surface area contributed by atoms with E-state index in [-0.39, 0.29) is 0 Å². The largest absolute Gasteiger partial charge is 0.495 e. The summed E-state index contributed by atoms with van der Waals surface area (Å²) in [5.74, 6) is 0.459. The van der Waals surface area contributed by atoms with Crippen molar-refractivity contribution in [2.24, 2.45) is 0 Å². The summed E-state index contributed by atoms with van der Waals surface area (Å²) < 4.78 is 5.28. The zero-order chi connectivity index (χ0) is 21.3. The lowest BCUT2D eigenvalue weighted by molar-refractivity contribution is 0.112. The number of nitrogens with zero attached hydrogens (tertiary/aromatic N) is 2.